The maximum Gasteiger partial charge on any atom is 0.242 e. The van der Waals surface area contributed by atoms with Crippen LogP contribution in [0.25, 0.3) is 0 Å². The number of sulfonamides is 1. The summed E-state index contributed by atoms with van der Waals surface area (Å²) in [5.41, 5.74) is 4.98. The molecular weight excluding hydrogens is 356 g/mol. The van der Waals surface area contributed by atoms with E-state index in [-0.39, 0.29) is 17.1 Å². The summed E-state index contributed by atoms with van der Waals surface area (Å²) in [4.78, 5) is 0.0400. The molecule has 1 aliphatic rings. The molecule has 2 unspecified atom stereocenters. The van der Waals surface area contributed by atoms with Crippen LogP contribution in [-0.2, 0) is 10.0 Å². The van der Waals surface area contributed by atoms with Gasteiger partial charge in [-0.2, -0.15) is 0 Å². The molecule has 118 valence electrons. The Morgan fingerprint density at radius 2 is 2.24 bits per heavy atom. The van der Waals surface area contributed by atoms with Gasteiger partial charge in [0.1, 0.15) is 4.90 Å². The predicted molar refractivity (Wildman–Crippen MR) is 86.3 cm³/mol. The first kappa shape index (κ1) is 16.7. The summed E-state index contributed by atoms with van der Waals surface area (Å²) >= 11 is 3.24. The molecule has 1 aliphatic carbocycles. The van der Waals surface area contributed by atoms with Crippen molar-refractivity contribution in [1.29, 1.82) is 0 Å². The van der Waals surface area contributed by atoms with E-state index in [1.807, 2.05) is 0 Å². The lowest BCUT2D eigenvalue weighted by molar-refractivity contribution is -0.00751. The number of hydrogen-bond donors (Lipinski definition) is 3. The molecule has 4 N–H and O–H groups in total. The zero-order valence-corrected chi connectivity index (χ0v) is 14.4. The van der Waals surface area contributed by atoms with E-state index in [0.29, 0.717) is 18.8 Å². The zero-order chi connectivity index (χ0) is 15.7. The Labute approximate surface area is 134 Å². The molecule has 0 aliphatic heterocycles. The Bertz CT molecular complexity index is 621. The molecule has 2 atom stereocenters. The van der Waals surface area contributed by atoms with E-state index in [1.54, 1.807) is 12.1 Å². The molecule has 0 heterocycles. The Kier molecular flexibility index (Phi) is 4.97. The number of hydrogen-bond acceptors (Lipinski definition) is 4. The molecule has 21 heavy (non-hydrogen) atoms. The summed E-state index contributed by atoms with van der Waals surface area (Å²) in [6, 6.07) is 4.63. The van der Waals surface area contributed by atoms with Gasteiger partial charge in [0, 0.05) is 11.0 Å². The molecule has 2 rings (SSSR count). The van der Waals surface area contributed by atoms with Gasteiger partial charge >= 0.3 is 0 Å². The Morgan fingerprint density at radius 3 is 2.86 bits per heavy atom. The number of nitrogens with two attached hydrogens (primary N) is 1. The van der Waals surface area contributed by atoms with Gasteiger partial charge < -0.3 is 10.8 Å². The molecule has 0 spiro atoms. The molecule has 7 heteroatoms. The summed E-state index contributed by atoms with van der Waals surface area (Å²) in [5.74, 6) is 0.408. The van der Waals surface area contributed by atoms with Crippen molar-refractivity contribution in [2.45, 2.75) is 43.1 Å². The summed E-state index contributed by atoms with van der Waals surface area (Å²) in [7, 11) is -3.72. The van der Waals surface area contributed by atoms with E-state index in [2.05, 4.69) is 27.6 Å². The van der Waals surface area contributed by atoms with Crippen LogP contribution in [0.2, 0.25) is 0 Å². The van der Waals surface area contributed by atoms with E-state index >= 15 is 0 Å². The van der Waals surface area contributed by atoms with E-state index in [0.717, 1.165) is 17.3 Å². The SMILES string of the molecule is CC1CCCC(O)(CNS(=O)(=O)c2ccc(Br)cc2N)C1. The molecule has 1 saturated carbocycles. The van der Waals surface area contributed by atoms with Gasteiger partial charge in [0.2, 0.25) is 10.0 Å². The number of anilines is 1. The van der Waals surface area contributed by atoms with Gasteiger partial charge in [-0.05, 0) is 37.0 Å². The highest BCUT2D eigenvalue weighted by Crippen LogP contribution is 2.32. The van der Waals surface area contributed by atoms with Crippen LogP contribution in [0.4, 0.5) is 5.69 Å². The second-order valence-corrected chi connectivity index (χ2v) is 8.58. The van der Waals surface area contributed by atoms with Gasteiger partial charge in [0.05, 0.1) is 11.3 Å². The number of aliphatic hydroxyl groups is 1. The topological polar surface area (TPSA) is 92.4 Å². The van der Waals surface area contributed by atoms with Gasteiger partial charge in [-0.15, -0.1) is 0 Å². The monoisotopic (exact) mass is 376 g/mol. The molecule has 0 amide bonds. The number of nitrogens with one attached hydrogen (secondary N) is 1. The minimum absolute atomic E-state index is 0.0230. The second kappa shape index (κ2) is 6.24. The quantitative estimate of drug-likeness (QED) is 0.702. The molecule has 0 aromatic heterocycles. The highest BCUT2D eigenvalue weighted by Gasteiger charge is 2.34. The standard InChI is InChI=1S/C14H21BrN2O3S/c1-10-3-2-6-14(18,8-10)9-17-21(19,20)13-5-4-11(15)7-12(13)16/h4-5,7,10,17-18H,2-3,6,8-9,16H2,1H3. The third-order valence-electron chi connectivity index (χ3n) is 3.92. The first-order valence-electron chi connectivity index (χ1n) is 6.99. The van der Waals surface area contributed by atoms with Crippen LogP contribution in [0.1, 0.15) is 32.6 Å². The zero-order valence-electron chi connectivity index (χ0n) is 12.0. The van der Waals surface area contributed by atoms with E-state index < -0.39 is 15.6 Å². The maximum absolute atomic E-state index is 12.3. The maximum atomic E-state index is 12.3. The second-order valence-electron chi connectivity index (χ2n) is 5.93. The molecule has 1 aromatic rings. The molecule has 0 bridgehead atoms. The molecule has 1 aromatic carbocycles. The summed E-state index contributed by atoms with van der Waals surface area (Å²) in [6.45, 7) is 2.10. The fourth-order valence-electron chi connectivity index (χ4n) is 2.86. The fourth-order valence-corrected chi connectivity index (χ4v) is 4.47. The third kappa shape index (κ3) is 4.18. The van der Waals surface area contributed by atoms with Gasteiger partial charge in [-0.25, -0.2) is 13.1 Å². The van der Waals surface area contributed by atoms with E-state index in [4.69, 9.17) is 5.73 Å². The van der Waals surface area contributed by atoms with Crippen molar-refractivity contribution < 1.29 is 13.5 Å². The van der Waals surface area contributed by atoms with Crippen molar-refractivity contribution in [3.8, 4) is 0 Å². The van der Waals surface area contributed by atoms with Crippen LogP contribution in [-0.4, -0.2) is 25.7 Å². The van der Waals surface area contributed by atoms with Crippen LogP contribution < -0.4 is 10.5 Å². The van der Waals surface area contributed by atoms with Crippen molar-refractivity contribution in [2.75, 3.05) is 12.3 Å². The minimum Gasteiger partial charge on any atom is -0.398 e. The van der Waals surface area contributed by atoms with Gasteiger partial charge in [-0.1, -0.05) is 35.7 Å². The lowest BCUT2D eigenvalue weighted by atomic mass is 9.79. The van der Waals surface area contributed by atoms with Crippen molar-refractivity contribution in [3.63, 3.8) is 0 Å². The Balaban J connectivity index is 2.11. The van der Waals surface area contributed by atoms with Crippen molar-refractivity contribution in [1.82, 2.24) is 4.72 Å². The van der Waals surface area contributed by atoms with Crippen molar-refractivity contribution >= 4 is 31.6 Å². The first-order valence-corrected chi connectivity index (χ1v) is 9.27. The van der Waals surface area contributed by atoms with Crippen LogP contribution >= 0.6 is 15.9 Å². The lowest BCUT2D eigenvalue weighted by Gasteiger charge is -2.35. The average Bonchev–Trinajstić information content (AvgIpc) is 2.36. The minimum atomic E-state index is -3.72. The lowest BCUT2D eigenvalue weighted by Crippen LogP contribution is -2.45. The highest BCUT2D eigenvalue weighted by atomic mass is 79.9. The largest absolute Gasteiger partial charge is 0.398 e. The summed E-state index contributed by atoms with van der Waals surface area (Å²) < 4.78 is 27.8. The van der Waals surface area contributed by atoms with Crippen LogP contribution in [0.5, 0.6) is 0 Å². The van der Waals surface area contributed by atoms with E-state index in [1.165, 1.54) is 6.07 Å². The summed E-state index contributed by atoms with van der Waals surface area (Å²) in [6.07, 6.45) is 3.23. The number of halogens is 1. The number of benzene rings is 1. The Morgan fingerprint density at radius 1 is 1.52 bits per heavy atom. The normalized spacial score (nSPS) is 26.7. The van der Waals surface area contributed by atoms with Crippen molar-refractivity contribution in [2.24, 2.45) is 5.92 Å². The molecule has 1 fully saturated rings. The molecule has 0 radical (unpaired) electrons. The predicted octanol–water partition coefficient (Wildman–Crippen LogP) is 2.25. The van der Waals surface area contributed by atoms with Gasteiger partial charge in [-0.3, -0.25) is 0 Å². The first-order chi connectivity index (χ1) is 9.72. The van der Waals surface area contributed by atoms with Crippen LogP contribution in [0, 0.1) is 5.92 Å². The van der Waals surface area contributed by atoms with Crippen LogP contribution in [0.3, 0.4) is 0 Å². The molecule has 0 saturated heterocycles. The van der Waals surface area contributed by atoms with Crippen LogP contribution in [0.15, 0.2) is 27.6 Å². The Hall–Kier alpha value is -0.630. The van der Waals surface area contributed by atoms with Gasteiger partial charge in [0.25, 0.3) is 0 Å². The third-order valence-corrected chi connectivity index (χ3v) is 5.89. The van der Waals surface area contributed by atoms with Gasteiger partial charge in [0.15, 0.2) is 0 Å². The number of rotatable bonds is 4. The fraction of sp³-hybridized carbons (Fsp3) is 0.571. The smallest absolute Gasteiger partial charge is 0.242 e. The highest BCUT2D eigenvalue weighted by molar-refractivity contribution is 9.10. The average molecular weight is 377 g/mol. The number of nitrogen functional groups attached to an aromatic ring is 1. The molecule has 5 nitrogen and oxygen atoms in total. The van der Waals surface area contributed by atoms with Crippen molar-refractivity contribution in [3.05, 3.63) is 22.7 Å². The molecular formula is C14H21BrN2O3S. The summed E-state index contributed by atoms with van der Waals surface area (Å²) in [5, 5.41) is 10.5. The van der Waals surface area contributed by atoms with E-state index in [9.17, 15) is 13.5 Å².